The predicted molar refractivity (Wildman–Crippen MR) is 134 cm³/mol. The molecule has 2 aromatic carbocycles. The quantitative estimate of drug-likeness (QED) is 0.453. The standard InChI is InChI=1S/C24H24F4N4OS.CH3FO/c1-13-11-31(12-14(2)29-13)22-17-10-18(24(26,27)28)19(15-4-6-16(25)7-5-15)21-20(17)32(23(33)30-22)8-3-9-34-21;2-1-3/h4-7,10,13-14,29H,3,8-9,11-12H2,1-2H3;3H,1H2. The third kappa shape index (κ3) is 5.60. The Kier molecular flexibility index (Phi) is 8.10. The van der Waals surface area contributed by atoms with Crippen molar-refractivity contribution in [1.82, 2.24) is 14.9 Å². The van der Waals surface area contributed by atoms with Crippen molar-refractivity contribution in [2.75, 3.05) is 30.6 Å². The van der Waals surface area contributed by atoms with E-state index in [1.165, 1.54) is 28.5 Å². The second-order valence-corrected chi connectivity index (χ2v) is 10.2. The second-order valence-electron chi connectivity index (χ2n) is 9.09. The third-order valence-corrected chi connectivity index (χ3v) is 7.45. The van der Waals surface area contributed by atoms with Gasteiger partial charge < -0.3 is 15.3 Å². The molecule has 0 radical (unpaired) electrons. The Hall–Kier alpha value is -2.70. The van der Waals surface area contributed by atoms with Gasteiger partial charge in [0.25, 0.3) is 0 Å². The Morgan fingerprint density at radius 2 is 1.78 bits per heavy atom. The maximum Gasteiger partial charge on any atom is 0.417 e. The number of halogens is 5. The number of nitrogens with one attached hydrogen (secondary N) is 1. The summed E-state index contributed by atoms with van der Waals surface area (Å²) in [6, 6.07) is 6.33. The minimum atomic E-state index is -4.65. The van der Waals surface area contributed by atoms with E-state index in [0.29, 0.717) is 47.6 Å². The van der Waals surface area contributed by atoms with E-state index in [1.54, 1.807) is 0 Å². The maximum absolute atomic E-state index is 14.5. The molecule has 2 N–H and O–H groups in total. The molecule has 0 aliphatic carbocycles. The molecule has 2 aliphatic rings. The first-order valence-electron chi connectivity index (χ1n) is 11.8. The van der Waals surface area contributed by atoms with Crippen LogP contribution in [0.4, 0.5) is 27.8 Å². The van der Waals surface area contributed by atoms with Crippen LogP contribution in [0.25, 0.3) is 22.0 Å². The van der Waals surface area contributed by atoms with Gasteiger partial charge in [-0.2, -0.15) is 18.2 Å². The minimum absolute atomic E-state index is 0.0146. The predicted octanol–water partition coefficient (Wildman–Crippen LogP) is 4.81. The van der Waals surface area contributed by atoms with Crippen LogP contribution in [0.1, 0.15) is 25.8 Å². The van der Waals surface area contributed by atoms with E-state index in [9.17, 15) is 26.7 Å². The summed E-state index contributed by atoms with van der Waals surface area (Å²) in [5.74, 6) is 0.321. The summed E-state index contributed by atoms with van der Waals surface area (Å²) >= 11 is 1.31. The van der Waals surface area contributed by atoms with Crippen molar-refractivity contribution in [3.63, 3.8) is 0 Å². The number of anilines is 1. The maximum atomic E-state index is 14.5. The normalized spacial score (nSPS) is 19.8. The number of nitrogens with zero attached hydrogens (tertiary/aromatic N) is 3. The van der Waals surface area contributed by atoms with Crippen molar-refractivity contribution in [1.29, 1.82) is 0 Å². The van der Waals surface area contributed by atoms with Gasteiger partial charge in [0.05, 0.1) is 11.1 Å². The van der Waals surface area contributed by atoms with Crippen LogP contribution in [0.2, 0.25) is 0 Å². The van der Waals surface area contributed by atoms with Gasteiger partial charge in [0, 0.05) is 47.6 Å². The van der Waals surface area contributed by atoms with E-state index in [2.05, 4.69) is 10.3 Å². The lowest BCUT2D eigenvalue weighted by Gasteiger charge is -2.37. The molecule has 0 bridgehead atoms. The van der Waals surface area contributed by atoms with Crippen molar-refractivity contribution >= 4 is 28.5 Å². The van der Waals surface area contributed by atoms with Crippen LogP contribution in [-0.2, 0) is 12.7 Å². The van der Waals surface area contributed by atoms with Gasteiger partial charge >= 0.3 is 11.9 Å². The molecule has 0 saturated carbocycles. The van der Waals surface area contributed by atoms with Gasteiger partial charge in [-0.25, -0.2) is 13.6 Å². The molecule has 1 fully saturated rings. The molecule has 2 atom stereocenters. The molecule has 2 aliphatic heterocycles. The number of rotatable bonds is 2. The van der Waals surface area contributed by atoms with E-state index >= 15 is 0 Å². The number of aliphatic hydroxyl groups excluding tert-OH is 1. The highest BCUT2D eigenvalue weighted by Crippen LogP contribution is 2.48. The smallest absolute Gasteiger partial charge is 0.366 e. The zero-order chi connectivity index (χ0) is 26.9. The van der Waals surface area contributed by atoms with E-state index in [0.717, 1.165) is 18.2 Å². The van der Waals surface area contributed by atoms with Gasteiger partial charge in [-0.3, -0.25) is 4.57 Å². The highest BCUT2D eigenvalue weighted by Gasteiger charge is 2.38. The van der Waals surface area contributed by atoms with Crippen molar-refractivity contribution in [3.8, 4) is 11.1 Å². The molecule has 2 unspecified atom stereocenters. The first-order chi connectivity index (χ1) is 17.5. The highest BCUT2D eigenvalue weighted by atomic mass is 32.2. The lowest BCUT2D eigenvalue weighted by atomic mass is 9.96. The van der Waals surface area contributed by atoms with Gasteiger partial charge in [-0.05, 0) is 49.8 Å². The molecule has 3 aromatic rings. The number of aromatic nitrogens is 2. The zero-order valence-corrected chi connectivity index (χ0v) is 21.1. The largest absolute Gasteiger partial charge is 0.417 e. The fourth-order valence-electron chi connectivity index (χ4n) is 5.01. The Balaban J connectivity index is 0.00000102. The molecule has 37 heavy (non-hydrogen) atoms. The molecule has 6 nitrogen and oxygen atoms in total. The fourth-order valence-corrected chi connectivity index (χ4v) is 6.21. The Bertz CT molecular complexity index is 1320. The Labute approximate surface area is 214 Å². The molecule has 3 heterocycles. The zero-order valence-electron chi connectivity index (χ0n) is 20.3. The molecular weight excluding hydrogens is 515 g/mol. The molecule has 0 amide bonds. The lowest BCUT2D eigenvalue weighted by Crippen LogP contribution is -2.55. The van der Waals surface area contributed by atoms with Crippen LogP contribution >= 0.6 is 11.8 Å². The second kappa shape index (κ2) is 11.0. The number of benzene rings is 2. The number of hydrogen-bond donors (Lipinski definition) is 2. The van der Waals surface area contributed by atoms with Gasteiger partial charge in [-0.1, -0.05) is 12.1 Å². The van der Waals surface area contributed by atoms with Crippen LogP contribution in [0.5, 0.6) is 0 Å². The van der Waals surface area contributed by atoms with Gasteiger partial charge in [0.2, 0.25) is 0 Å². The molecule has 1 saturated heterocycles. The monoisotopic (exact) mass is 542 g/mol. The average molecular weight is 543 g/mol. The number of aliphatic hydroxyl groups is 1. The molecule has 12 heteroatoms. The lowest BCUT2D eigenvalue weighted by molar-refractivity contribution is -0.137. The van der Waals surface area contributed by atoms with E-state index < -0.39 is 30.1 Å². The topological polar surface area (TPSA) is 70.4 Å². The summed E-state index contributed by atoms with van der Waals surface area (Å²) in [5.41, 5.74) is -0.542. The van der Waals surface area contributed by atoms with Gasteiger partial charge in [0.15, 0.2) is 6.86 Å². The Morgan fingerprint density at radius 3 is 2.38 bits per heavy atom. The molecule has 5 rings (SSSR count). The van der Waals surface area contributed by atoms with E-state index in [1.807, 2.05) is 18.7 Å². The summed E-state index contributed by atoms with van der Waals surface area (Å²) < 4.78 is 68.3. The summed E-state index contributed by atoms with van der Waals surface area (Å²) in [6.07, 6.45) is -4.02. The fraction of sp³-hybridized carbons (Fsp3) is 0.440. The number of piperazine rings is 1. The van der Waals surface area contributed by atoms with Crippen LogP contribution in [-0.4, -0.2) is 52.4 Å². The van der Waals surface area contributed by atoms with Crippen molar-refractivity contribution < 1.29 is 27.1 Å². The van der Waals surface area contributed by atoms with Crippen LogP contribution < -0.4 is 15.9 Å². The molecular formula is C25H27F5N4O2S. The van der Waals surface area contributed by atoms with Crippen molar-refractivity contribution in [2.45, 2.75) is 50.0 Å². The van der Waals surface area contributed by atoms with Crippen molar-refractivity contribution in [2.24, 2.45) is 0 Å². The number of hydrogen-bond acceptors (Lipinski definition) is 6. The highest BCUT2D eigenvalue weighted by molar-refractivity contribution is 7.99. The van der Waals surface area contributed by atoms with E-state index in [4.69, 9.17) is 5.11 Å². The SMILES string of the molecule is CC1CN(c2nc(=O)n3c4c(c(-c5ccc(F)cc5)c(C(F)(F)F)cc24)SCCC3)CC(C)N1.OCF. The van der Waals surface area contributed by atoms with Crippen LogP contribution in [0.15, 0.2) is 40.0 Å². The molecule has 1 aromatic heterocycles. The minimum Gasteiger partial charge on any atom is -0.366 e. The Morgan fingerprint density at radius 1 is 1.16 bits per heavy atom. The van der Waals surface area contributed by atoms with Crippen molar-refractivity contribution in [3.05, 3.63) is 52.2 Å². The number of aryl methyl sites for hydroxylation is 1. The summed E-state index contributed by atoms with van der Waals surface area (Å²) in [5, 5.41) is 10.6. The third-order valence-electron chi connectivity index (χ3n) is 6.27. The molecule has 200 valence electrons. The average Bonchev–Trinajstić information content (AvgIpc) is 3.05. The van der Waals surface area contributed by atoms with Crippen LogP contribution in [0.3, 0.4) is 0 Å². The number of alkyl halides is 4. The summed E-state index contributed by atoms with van der Waals surface area (Å²) in [6.45, 7) is 4.18. The number of thioether (sulfide) groups is 1. The van der Waals surface area contributed by atoms with E-state index in [-0.39, 0.29) is 29.0 Å². The summed E-state index contributed by atoms with van der Waals surface area (Å²) in [7, 11) is 0. The van der Waals surface area contributed by atoms with Gasteiger partial charge in [-0.15, -0.1) is 11.8 Å². The first kappa shape index (κ1) is 27.3. The molecule has 0 spiro atoms. The first-order valence-corrected chi connectivity index (χ1v) is 12.8. The van der Waals surface area contributed by atoms with Crippen LogP contribution in [0, 0.1) is 5.82 Å². The van der Waals surface area contributed by atoms with Gasteiger partial charge in [0.1, 0.15) is 11.6 Å². The summed E-state index contributed by atoms with van der Waals surface area (Å²) in [4.78, 5) is 19.7.